The van der Waals surface area contributed by atoms with Crippen LogP contribution in [-0.2, 0) is 17.5 Å². The maximum Gasteiger partial charge on any atom is 0.416 e. The summed E-state index contributed by atoms with van der Waals surface area (Å²) < 4.78 is 38.3. The van der Waals surface area contributed by atoms with E-state index >= 15 is 0 Å². The summed E-state index contributed by atoms with van der Waals surface area (Å²) in [5.74, 6) is 0.156. The molecule has 0 aromatic heterocycles. The van der Waals surface area contributed by atoms with E-state index in [1.807, 2.05) is 11.9 Å². The van der Waals surface area contributed by atoms with E-state index in [1.54, 1.807) is 6.07 Å². The molecule has 4 nitrogen and oxygen atoms in total. The van der Waals surface area contributed by atoms with Crippen LogP contribution in [0.2, 0.25) is 0 Å². The first-order valence-electron chi connectivity index (χ1n) is 8.21. The van der Waals surface area contributed by atoms with Crippen LogP contribution in [0.4, 0.5) is 13.2 Å². The lowest BCUT2D eigenvalue weighted by Gasteiger charge is -2.35. The molecule has 1 heterocycles. The summed E-state index contributed by atoms with van der Waals surface area (Å²) in [6, 6.07) is 5.45. The number of carbonyl (C=O) groups is 1. The van der Waals surface area contributed by atoms with Crippen LogP contribution in [0.15, 0.2) is 24.3 Å². The number of piperazine rings is 1. The van der Waals surface area contributed by atoms with Gasteiger partial charge >= 0.3 is 6.18 Å². The van der Waals surface area contributed by atoms with Crippen LogP contribution in [0.3, 0.4) is 0 Å². The Morgan fingerprint density at radius 1 is 1.15 bits per heavy atom. The summed E-state index contributed by atoms with van der Waals surface area (Å²) in [6.45, 7) is 3.95. The molecule has 1 fully saturated rings. The summed E-state index contributed by atoms with van der Waals surface area (Å²) in [5.41, 5.74) is 0.0389. The van der Waals surface area contributed by atoms with E-state index < -0.39 is 11.7 Å². The third-order valence-electron chi connectivity index (χ3n) is 4.20. The van der Waals surface area contributed by atoms with Gasteiger partial charge in [0, 0.05) is 39.1 Å². The van der Waals surface area contributed by atoms with Gasteiger partial charge in [-0.2, -0.15) is 13.2 Å². The van der Waals surface area contributed by atoms with E-state index in [0.717, 1.165) is 19.0 Å². The molecule has 150 valence electrons. The van der Waals surface area contributed by atoms with Gasteiger partial charge in [-0.25, -0.2) is 0 Å². The van der Waals surface area contributed by atoms with Gasteiger partial charge in [-0.15, -0.1) is 24.8 Å². The van der Waals surface area contributed by atoms with Gasteiger partial charge in [-0.3, -0.25) is 9.69 Å². The minimum Gasteiger partial charge on any atom is -0.340 e. The molecule has 1 aliphatic heterocycles. The number of rotatable bonds is 6. The molecule has 1 aromatic carbocycles. The van der Waals surface area contributed by atoms with Gasteiger partial charge in [0.1, 0.15) is 0 Å². The highest BCUT2D eigenvalue weighted by Crippen LogP contribution is 2.29. The van der Waals surface area contributed by atoms with Crippen molar-refractivity contribution in [1.29, 1.82) is 0 Å². The molecule has 1 aromatic rings. The number of halogens is 5. The van der Waals surface area contributed by atoms with E-state index in [4.69, 9.17) is 0 Å². The molecule has 2 rings (SSSR count). The first-order valence-corrected chi connectivity index (χ1v) is 8.21. The van der Waals surface area contributed by atoms with Crippen molar-refractivity contribution >= 4 is 30.7 Å². The molecular weight excluding hydrogens is 390 g/mol. The maximum atomic E-state index is 12.8. The van der Waals surface area contributed by atoms with Crippen LogP contribution in [0.25, 0.3) is 0 Å². The fraction of sp³-hybridized carbons (Fsp3) is 0.588. The van der Waals surface area contributed by atoms with Crippen LogP contribution >= 0.6 is 24.8 Å². The summed E-state index contributed by atoms with van der Waals surface area (Å²) in [7, 11) is 1.86. The highest BCUT2D eigenvalue weighted by atomic mass is 35.5. The standard InChI is InChI=1S/C17H24F3N3O.2ClH/c1-21-7-3-6-16(24)23-10-8-22(9-11-23)13-14-4-2-5-15(12-14)17(18,19)20;;/h2,4-5,12,21H,3,6-11,13H2,1H3;2*1H. The zero-order valence-corrected chi connectivity index (χ0v) is 16.4. The normalized spacial score (nSPS) is 15.2. The van der Waals surface area contributed by atoms with Crippen LogP contribution < -0.4 is 5.32 Å². The third-order valence-corrected chi connectivity index (χ3v) is 4.20. The molecule has 9 heteroatoms. The average molecular weight is 416 g/mol. The highest BCUT2D eigenvalue weighted by Gasteiger charge is 2.30. The molecule has 0 spiro atoms. The highest BCUT2D eigenvalue weighted by molar-refractivity contribution is 5.85. The molecule has 1 aliphatic rings. The van der Waals surface area contributed by atoms with Crippen molar-refractivity contribution in [2.24, 2.45) is 0 Å². The molecular formula is C17H26Cl2F3N3O. The van der Waals surface area contributed by atoms with Crippen molar-refractivity contribution < 1.29 is 18.0 Å². The summed E-state index contributed by atoms with van der Waals surface area (Å²) in [6.07, 6.45) is -2.96. The molecule has 0 aliphatic carbocycles. The van der Waals surface area contributed by atoms with Crippen LogP contribution in [0, 0.1) is 0 Å². The Balaban J connectivity index is 0.00000312. The Bertz CT molecular complexity index is 550. The van der Waals surface area contributed by atoms with Gasteiger partial charge in [0.2, 0.25) is 5.91 Å². The Labute approximate surface area is 164 Å². The number of benzene rings is 1. The van der Waals surface area contributed by atoms with Crippen LogP contribution in [0.5, 0.6) is 0 Å². The van der Waals surface area contributed by atoms with Crippen molar-refractivity contribution in [2.45, 2.75) is 25.6 Å². The average Bonchev–Trinajstić information content (AvgIpc) is 2.55. The minimum atomic E-state index is -4.31. The molecule has 1 saturated heterocycles. The fourth-order valence-electron chi connectivity index (χ4n) is 2.83. The number of nitrogens with zero attached hydrogens (tertiary/aromatic N) is 2. The summed E-state index contributed by atoms with van der Waals surface area (Å²) >= 11 is 0. The Morgan fingerprint density at radius 2 is 1.81 bits per heavy atom. The van der Waals surface area contributed by atoms with Gasteiger partial charge < -0.3 is 10.2 Å². The van der Waals surface area contributed by atoms with Gasteiger partial charge in [-0.1, -0.05) is 18.2 Å². The molecule has 26 heavy (non-hydrogen) atoms. The number of amides is 1. The zero-order valence-electron chi connectivity index (χ0n) is 14.7. The van der Waals surface area contributed by atoms with Crippen molar-refractivity contribution in [1.82, 2.24) is 15.1 Å². The number of nitrogens with one attached hydrogen (secondary N) is 1. The number of alkyl halides is 3. The monoisotopic (exact) mass is 415 g/mol. The van der Waals surface area contributed by atoms with E-state index in [-0.39, 0.29) is 30.7 Å². The molecule has 0 saturated carbocycles. The number of carbonyl (C=O) groups excluding carboxylic acids is 1. The van der Waals surface area contributed by atoms with Gasteiger partial charge in [0.15, 0.2) is 0 Å². The Morgan fingerprint density at radius 3 is 2.38 bits per heavy atom. The molecule has 0 radical (unpaired) electrons. The van der Waals surface area contributed by atoms with Crippen LogP contribution in [-0.4, -0.2) is 55.5 Å². The van der Waals surface area contributed by atoms with E-state index in [9.17, 15) is 18.0 Å². The summed E-state index contributed by atoms with van der Waals surface area (Å²) in [4.78, 5) is 16.0. The lowest BCUT2D eigenvalue weighted by atomic mass is 10.1. The van der Waals surface area contributed by atoms with Gasteiger partial charge in [0.05, 0.1) is 5.56 Å². The predicted octanol–water partition coefficient (Wildman–Crippen LogP) is 3.19. The zero-order chi connectivity index (χ0) is 17.6. The number of hydrogen-bond acceptors (Lipinski definition) is 3. The topological polar surface area (TPSA) is 35.6 Å². The molecule has 0 bridgehead atoms. The predicted molar refractivity (Wildman–Crippen MR) is 101 cm³/mol. The molecule has 1 amide bonds. The van der Waals surface area contributed by atoms with Crippen molar-refractivity contribution in [3.63, 3.8) is 0 Å². The molecule has 0 unspecified atom stereocenters. The first-order chi connectivity index (χ1) is 11.4. The second-order valence-corrected chi connectivity index (χ2v) is 6.06. The fourth-order valence-corrected chi connectivity index (χ4v) is 2.83. The minimum absolute atomic E-state index is 0. The Kier molecular flexibility index (Phi) is 11.2. The smallest absolute Gasteiger partial charge is 0.340 e. The second-order valence-electron chi connectivity index (χ2n) is 6.06. The molecule has 1 N–H and O–H groups in total. The largest absolute Gasteiger partial charge is 0.416 e. The lowest BCUT2D eigenvalue weighted by Crippen LogP contribution is -2.48. The van der Waals surface area contributed by atoms with Gasteiger partial charge in [-0.05, 0) is 31.6 Å². The maximum absolute atomic E-state index is 12.8. The lowest BCUT2D eigenvalue weighted by molar-refractivity contribution is -0.137. The van der Waals surface area contributed by atoms with Crippen molar-refractivity contribution in [3.05, 3.63) is 35.4 Å². The van der Waals surface area contributed by atoms with Crippen molar-refractivity contribution in [2.75, 3.05) is 39.8 Å². The SMILES string of the molecule is CNCCCC(=O)N1CCN(Cc2cccc(C(F)(F)F)c2)CC1.Cl.Cl. The second kappa shape index (κ2) is 11.6. The quantitative estimate of drug-likeness (QED) is 0.724. The van der Waals surface area contributed by atoms with Crippen LogP contribution in [0.1, 0.15) is 24.0 Å². The van der Waals surface area contributed by atoms with Crippen molar-refractivity contribution in [3.8, 4) is 0 Å². The number of hydrogen-bond donors (Lipinski definition) is 1. The van der Waals surface area contributed by atoms with Gasteiger partial charge in [0.25, 0.3) is 0 Å². The van der Waals surface area contributed by atoms with E-state index in [2.05, 4.69) is 10.2 Å². The molecule has 0 atom stereocenters. The first kappa shape index (κ1) is 25.0. The summed E-state index contributed by atoms with van der Waals surface area (Å²) in [5, 5.41) is 3.02. The third kappa shape index (κ3) is 7.70. The Hall–Kier alpha value is -1.02. The van der Waals surface area contributed by atoms with E-state index in [1.165, 1.54) is 12.1 Å². The van der Waals surface area contributed by atoms with E-state index in [0.29, 0.717) is 44.7 Å².